The quantitative estimate of drug-likeness (QED) is 0.786. The summed E-state index contributed by atoms with van der Waals surface area (Å²) in [5.41, 5.74) is 0.796. The van der Waals surface area contributed by atoms with E-state index in [1.165, 1.54) is 0 Å². The van der Waals surface area contributed by atoms with Crippen LogP contribution < -0.4 is 0 Å². The van der Waals surface area contributed by atoms with Crippen LogP contribution in [-0.4, -0.2) is 9.97 Å². The van der Waals surface area contributed by atoms with Gasteiger partial charge in [-0.3, -0.25) is 0 Å². The van der Waals surface area contributed by atoms with E-state index in [0.717, 1.165) is 22.3 Å². The standard InChI is InChI=1S/C11H10BrClN2O/c1-3-7-4-5-8(16-7)11-14-6(2)9(12)10(13)15-11/h4-5H,3H2,1-2H3. The molecule has 0 unspecified atom stereocenters. The lowest BCUT2D eigenvalue weighted by Crippen LogP contribution is -1.93. The van der Waals surface area contributed by atoms with Crippen LogP contribution in [0.15, 0.2) is 21.0 Å². The van der Waals surface area contributed by atoms with Crippen LogP contribution in [0, 0.1) is 6.92 Å². The molecule has 0 aliphatic carbocycles. The maximum absolute atomic E-state index is 5.97. The summed E-state index contributed by atoms with van der Waals surface area (Å²) < 4.78 is 6.29. The number of aryl methyl sites for hydroxylation is 2. The highest BCUT2D eigenvalue weighted by Crippen LogP contribution is 2.27. The van der Waals surface area contributed by atoms with Crippen LogP contribution in [-0.2, 0) is 6.42 Å². The van der Waals surface area contributed by atoms with Gasteiger partial charge in [-0.15, -0.1) is 0 Å². The average molecular weight is 302 g/mol. The number of furan rings is 1. The van der Waals surface area contributed by atoms with Crippen LogP contribution in [0.25, 0.3) is 11.6 Å². The molecule has 16 heavy (non-hydrogen) atoms. The normalized spacial score (nSPS) is 10.8. The van der Waals surface area contributed by atoms with Gasteiger partial charge in [0.15, 0.2) is 11.6 Å². The highest BCUT2D eigenvalue weighted by molar-refractivity contribution is 9.10. The lowest BCUT2D eigenvalue weighted by molar-refractivity contribution is 0.525. The Balaban J connectivity index is 2.48. The maximum Gasteiger partial charge on any atom is 0.197 e. The van der Waals surface area contributed by atoms with Gasteiger partial charge in [0.05, 0.1) is 10.2 Å². The van der Waals surface area contributed by atoms with Crippen LogP contribution in [0.4, 0.5) is 0 Å². The molecule has 2 aromatic heterocycles. The van der Waals surface area contributed by atoms with Crippen LogP contribution in [0.3, 0.4) is 0 Å². The zero-order chi connectivity index (χ0) is 11.7. The fourth-order valence-electron chi connectivity index (χ4n) is 1.32. The van der Waals surface area contributed by atoms with Crippen molar-refractivity contribution in [2.24, 2.45) is 0 Å². The molecule has 0 saturated heterocycles. The number of rotatable bonds is 2. The summed E-state index contributed by atoms with van der Waals surface area (Å²) in [6.45, 7) is 3.90. The third-order valence-corrected chi connectivity index (χ3v) is 3.66. The number of hydrogen-bond donors (Lipinski definition) is 0. The van der Waals surface area contributed by atoms with E-state index < -0.39 is 0 Å². The van der Waals surface area contributed by atoms with E-state index in [0.29, 0.717) is 16.7 Å². The summed E-state index contributed by atoms with van der Waals surface area (Å²) in [7, 11) is 0. The zero-order valence-electron chi connectivity index (χ0n) is 8.92. The molecular weight excluding hydrogens is 291 g/mol. The van der Waals surface area contributed by atoms with Crippen molar-refractivity contribution in [3.8, 4) is 11.6 Å². The first-order valence-corrected chi connectivity index (χ1v) is 6.07. The van der Waals surface area contributed by atoms with Gasteiger partial charge in [0.2, 0.25) is 0 Å². The molecule has 0 aliphatic heterocycles. The van der Waals surface area contributed by atoms with E-state index in [4.69, 9.17) is 16.0 Å². The Kier molecular flexibility index (Phi) is 3.30. The number of halogens is 2. The molecule has 0 spiro atoms. The van der Waals surface area contributed by atoms with Crippen molar-refractivity contribution in [3.63, 3.8) is 0 Å². The van der Waals surface area contributed by atoms with Crippen molar-refractivity contribution in [1.82, 2.24) is 9.97 Å². The van der Waals surface area contributed by atoms with Gasteiger partial charge >= 0.3 is 0 Å². The smallest absolute Gasteiger partial charge is 0.197 e. The van der Waals surface area contributed by atoms with E-state index in [-0.39, 0.29) is 0 Å². The second-order valence-corrected chi connectivity index (χ2v) is 4.51. The van der Waals surface area contributed by atoms with Gasteiger partial charge in [-0.2, -0.15) is 0 Å². The van der Waals surface area contributed by atoms with E-state index in [1.807, 2.05) is 26.0 Å². The number of hydrogen-bond acceptors (Lipinski definition) is 3. The van der Waals surface area contributed by atoms with Gasteiger partial charge in [-0.25, -0.2) is 9.97 Å². The van der Waals surface area contributed by atoms with Crippen molar-refractivity contribution < 1.29 is 4.42 Å². The van der Waals surface area contributed by atoms with Crippen LogP contribution in [0.2, 0.25) is 5.15 Å². The SMILES string of the molecule is CCc1ccc(-c2nc(C)c(Br)c(Cl)n2)o1. The maximum atomic E-state index is 5.97. The topological polar surface area (TPSA) is 38.9 Å². The molecule has 0 fully saturated rings. The zero-order valence-corrected chi connectivity index (χ0v) is 11.3. The van der Waals surface area contributed by atoms with E-state index >= 15 is 0 Å². The summed E-state index contributed by atoms with van der Waals surface area (Å²) in [6.07, 6.45) is 0.850. The van der Waals surface area contributed by atoms with Gasteiger partial charge < -0.3 is 4.42 Å². The van der Waals surface area contributed by atoms with Gasteiger partial charge in [0.25, 0.3) is 0 Å². The van der Waals surface area contributed by atoms with E-state index in [2.05, 4.69) is 25.9 Å². The molecule has 0 amide bonds. The fourth-order valence-corrected chi connectivity index (χ4v) is 1.72. The number of aromatic nitrogens is 2. The van der Waals surface area contributed by atoms with Crippen molar-refractivity contribution in [2.75, 3.05) is 0 Å². The minimum atomic E-state index is 0.400. The van der Waals surface area contributed by atoms with Crippen molar-refractivity contribution >= 4 is 27.5 Å². The van der Waals surface area contributed by atoms with Crippen LogP contribution in [0.5, 0.6) is 0 Å². The highest BCUT2D eigenvalue weighted by atomic mass is 79.9. The Labute approximate surface area is 107 Å². The molecule has 5 heteroatoms. The highest BCUT2D eigenvalue weighted by Gasteiger charge is 2.11. The Bertz CT molecular complexity index is 501. The lowest BCUT2D eigenvalue weighted by Gasteiger charge is -2.02. The Morgan fingerprint density at radius 3 is 2.69 bits per heavy atom. The van der Waals surface area contributed by atoms with Crippen molar-refractivity contribution in [2.45, 2.75) is 20.3 Å². The first kappa shape index (κ1) is 11.6. The molecule has 0 bridgehead atoms. The van der Waals surface area contributed by atoms with Crippen LogP contribution in [0.1, 0.15) is 18.4 Å². The molecule has 0 aliphatic rings. The number of nitrogens with zero attached hydrogens (tertiary/aromatic N) is 2. The van der Waals surface area contributed by atoms with E-state index in [9.17, 15) is 0 Å². The molecule has 0 N–H and O–H groups in total. The summed E-state index contributed by atoms with van der Waals surface area (Å²) in [5, 5.41) is 0.400. The van der Waals surface area contributed by atoms with Gasteiger partial charge in [-0.1, -0.05) is 18.5 Å². The third-order valence-electron chi connectivity index (χ3n) is 2.21. The second kappa shape index (κ2) is 4.55. The molecular formula is C11H10BrClN2O. The largest absolute Gasteiger partial charge is 0.458 e. The predicted molar refractivity (Wildman–Crippen MR) is 66.6 cm³/mol. The first-order valence-electron chi connectivity index (χ1n) is 4.90. The molecule has 84 valence electrons. The third kappa shape index (κ3) is 2.13. The molecule has 2 aromatic rings. The summed E-state index contributed by atoms with van der Waals surface area (Å²) in [4.78, 5) is 8.48. The van der Waals surface area contributed by atoms with E-state index in [1.54, 1.807) is 0 Å². The predicted octanol–water partition coefficient (Wildman–Crippen LogP) is 4.02. The second-order valence-electron chi connectivity index (χ2n) is 3.36. The van der Waals surface area contributed by atoms with Gasteiger partial charge in [-0.05, 0) is 35.0 Å². The Hall–Kier alpha value is -0.870. The minimum Gasteiger partial charge on any atom is -0.458 e. The lowest BCUT2D eigenvalue weighted by atomic mass is 10.3. The molecule has 2 rings (SSSR count). The summed E-state index contributed by atoms with van der Waals surface area (Å²) >= 11 is 9.29. The van der Waals surface area contributed by atoms with Crippen LogP contribution >= 0.6 is 27.5 Å². The molecule has 0 atom stereocenters. The Morgan fingerprint density at radius 2 is 2.12 bits per heavy atom. The summed E-state index contributed by atoms with van der Waals surface area (Å²) in [5.74, 6) is 2.08. The molecule has 3 nitrogen and oxygen atoms in total. The Morgan fingerprint density at radius 1 is 1.38 bits per heavy atom. The average Bonchev–Trinajstić information content (AvgIpc) is 2.73. The van der Waals surface area contributed by atoms with Gasteiger partial charge in [0, 0.05) is 6.42 Å². The molecule has 0 aromatic carbocycles. The van der Waals surface area contributed by atoms with Crippen molar-refractivity contribution in [1.29, 1.82) is 0 Å². The fraction of sp³-hybridized carbons (Fsp3) is 0.273. The first-order chi connectivity index (χ1) is 7.61. The minimum absolute atomic E-state index is 0.400. The van der Waals surface area contributed by atoms with Gasteiger partial charge in [0.1, 0.15) is 10.9 Å². The van der Waals surface area contributed by atoms with Crippen molar-refractivity contribution in [3.05, 3.63) is 33.2 Å². The monoisotopic (exact) mass is 300 g/mol. The molecule has 0 radical (unpaired) electrons. The summed E-state index contributed by atoms with van der Waals surface area (Å²) in [6, 6.07) is 3.78. The molecule has 2 heterocycles. The molecule has 0 saturated carbocycles.